The normalized spacial score (nSPS) is 14.5. The van der Waals surface area contributed by atoms with Crippen LogP contribution in [0.3, 0.4) is 0 Å². The molecule has 0 bridgehead atoms. The van der Waals surface area contributed by atoms with Crippen molar-refractivity contribution < 1.29 is 14.3 Å². The third-order valence-electron chi connectivity index (χ3n) is 5.20. The van der Waals surface area contributed by atoms with E-state index < -0.39 is 0 Å². The first-order valence-electron chi connectivity index (χ1n) is 10.1. The molecular weight excluding hydrogens is 380 g/mol. The number of amides is 1. The number of para-hydroxylation sites is 2. The molecule has 1 aliphatic heterocycles. The van der Waals surface area contributed by atoms with Crippen LogP contribution in [0.4, 0.5) is 0 Å². The number of aromatic nitrogens is 2. The minimum absolute atomic E-state index is 0.0956. The second-order valence-electron chi connectivity index (χ2n) is 7.12. The number of hydrogen-bond acceptors (Lipinski definition) is 5. The molecule has 0 spiro atoms. The van der Waals surface area contributed by atoms with Crippen molar-refractivity contribution in [3.05, 3.63) is 72.6 Å². The first-order chi connectivity index (χ1) is 14.7. The Hall–Kier alpha value is -3.32. The Balaban J connectivity index is 1.32. The summed E-state index contributed by atoms with van der Waals surface area (Å²) in [6.45, 7) is 4.41. The van der Waals surface area contributed by atoms with Crippen LogP contribution >= 0.6 is 0 Å². The number of rotatable bonds is 7. The van der Waals surface area contributed by atoms with E-state index in [4.69, 9.17) is 9.47 Å². The molecule has 7 heteroatoms. The predicted molar refractivity (Wildman–Crippen MR) is 114 cm³/mol. The SMILES string of the molecule is COc1cn(-c2ccccc2)nc1C(=O)N1CCN(CCOc2ccccc2)CC1. The zero-order chi connectivity index (χ0) is 20.8. The molecule has 30 heavy (non-hydrogen) atoms. The van der Waals surface area contributed by atoms with Gasteiger partial charge in [-0.05, 0) is 24.3 Å². The summed E-state index contributed by atoms with van der Waals surface area (Å²) in [6, 6.07) is 19.5. The third kappa shape index (κ3) is 4.63. The Morgan fingerprint density at radius 3 is 2.30 bits per heavy atom. The third-order valence-corrected chi connectivity index (χ3v) is 5.20. The predicted octanol–water partition coefficient (Wildman–Crippen LogP) is 2.72. The summed E-state index contributed by atoms with van der Waals surface area (Å²) in [5, 5.41) is 4.50. The molecule has 0 aliphatic carbocycles. The van der Waals surface area contributed by atoms with Gasteiger partial charge >= 0.3 is 0 Å². The fraction of sp³-hybridized carbons (Fsp3) is 0.304. The average Bonchev–Trinajstić information content (AvgIpc) is 3.25. The second kappa shape index (κ2) is 9.45. The van der Waals surface area contributed by atoms with Gasteiger partial charge < -0.3 is 14.4 Å². The maximum atomic E-state index is 13.1. The van der Waals surface area contributed by atoms with Crippen molar-refractivity contribution in [2.24, 2.45) is 0 Å². The van der Waals surface area contributed by atoms with Gasteiger partial charge in [0, 0.05) is 32.7 Å². The lowest BCUT2D eigenvalue weighted by Gasteiger charge is -2.34. The van der Waals surface area contributed by atoms with Crippen molar-refractivity contribution in [1.29, 1.82) is 0 Å². The molecule has 1 aliphatic rings. The van der Waals surface area contributed by atoms with E-state index in [0.29, 0.717) is 31.1 Å². The summed E-state index contributed by atoms with van der Waals surface area (Å²) in [7, 11) is 1.56. The highest BCUT2D eigenvalue weighted by Crippen LogP contribution is 2.21. The lowest BCUT2D eigenvalue weighted by Crippen LogP contribution is -2.49. The van der Waals surface area contributed by atoms with Crippen molar-refractivity contribution >= 4 is 5.91 Å². The van der Waals surface area contributed by atoms with Crippen molar-refractivity contribution in [2.75, 3.05) is 46.4 Å². The van der Waals surface area contributed by atoms with Gasteiger partial charge in [0.2, 0.25) is 0 Å². The molecule has 2 aromatic carbocycles. The molecule has 4 rings (SSSR count). The Labute approximate surface area is 176 Å². The number of piperazine rings is 1. The number of hydrogen-bond donors (Lipinski definition) is 0. The van der Waals surface area contributed by atoms with Crippen molar-refractivity contribution in [2.45, 2.75) is 0 Å². The molecule has 1 amide bonds. The Bertz CT molecular complexity index is 951. The van der Waals surface area contributed by atoms with Crippen LogP contribution in [0.15, 0.2) is 66.9 Å². The zero-order valence-electron chi connectivity index (χ0n) is 17.1. The van der Waals surface area contributed by atoms with E-state index >= 15 is 0 Å². The molecule has 1 saturated heterocycles. The summed E-state index contributed by atoms with van der Waals surface area (Å²) in [4.78, 5) is 17.2. The van der Waals surface area contributed by atoms with Crippen molar-refractivity contribution in [1.82, 2.24) is 19.6 Å². The molecule has 1 aromatic heterocycles. The maximum Gasteiger partial charge on any atom is 0.278 e. The van der Waals surface area contributed by atoms with Crippen LogP contribution in [0, 0.1) is 0 Å². The summed E-state index contributed by atoms with van der Waals surface area (Å²) >= 11 is 0. The molecule has 3 aromatic rings. The van der Waals surface area contributed by atoms with Crippen LogP contribution in [0.2, 0.25) is 0 Å². The summed E-state index contributed by atoms with van der Waals surface area (Å²) in [6.07, 6.45) is 1.75. The molecule has 156 valence electrons. The standard InChI is InChI=1S/C23H26N4O3/c1-29-21-18-27(19-8-4-2-5-9-19)24-22(21)23(28)26-14-12-25(13-15-26)16-17-30-20-10-6-3-7-11-20/h2-11,18H,12-17H2,1H3. The summed E-state index contributed by atoms with van der Waals surface area (Å²) < 4.78 is 12.9. The van der Waals surface area contributed by atoms with Crippen LogP contribution in [-0.2, 0) is 0 Å². The minimum Gasteiger partial charge on any atom is -0.493 e. The van der Waals surface area contributed by atoms with E-state index in [1.54, 1.807) is 18.0 Å². The lowest BCUT2D eigenvalue weighted by molar-refractivity contribution is 0.0611. The first kappa shape index (κ1) is 20.0. The second-order valence-corrected chi connectivity index (χ2v) is 7.12. The number of carbonyl (C=O) groups excluding carboxylic acids is 1. The van der Waals surface area contributed by atoms with Gasteiger partial charge in [0.15, 0.2) is 11.4 Å². The van der Waals surface area contributed by atoms with Gasteiger partial charge in [0.25, 0.3) is 5.91 Å². The van der Waals surface area contributed by atoms with Gasteiger partial charge in [0.05, 0.1) is 19.0 Å². The maximum absolute atomic E-state index is 13.1. The Morgan fingerprint density at radius 1 is 0.967 bits per heavy atom. The van der Waals surface area contributed by atoms with Crippen LogP contribution in [0.1, 0.15) is 10.5 Å². The van der Waals surface area contributed by atoms with Gasteiger partial charge in [-0.3, -0.25) is 9.69 Å². The fourth-order valence-corrected chi connectivity index (χ4v) is 3.50. The number of benzene rings is 2. The van der Waals surface area contributed by atoms with Crippen LogP contribution < -0.4 is 9.47 Å². The van der Waals surface area contributed by atoms with E-state index in [1.807, 2.05) is 65.6 Å². The van der Waals surface area contributed by atoms with Gasteiger partial charge in [-0.25, -0.2) is 4.68 Å². The molecule has 0 atom stereocenters. The molecule has 0 unspecified atom stereocenters. The molecule has 7 nitrogen and oxygen atoms in total. The van der Waals surface area contributed by atoms with E-state index in [1.165, 1.54) is 0 Å². The van der Waals surface area contributed by atoms with Crippen LogP contribution in [0.25, 0.3) is 5.69 Å². The van der Waals surface area contributed by atoms with Gasteiger partial charge in [-0.15, -0.1) is 0 Å². The molecular formula is C23H26N4O3. The summed E-state index contributed by atoms with van der Waals surface area (Å²) in [5.41, 5.74) is 1.24. The lowest BCUT2D eigenvalue weighted by atomic mass is 10.2. The summed E-state index contributed by atoms with van der Waals surface area (Å²) in [5.74, 6) is 1.27. The highest BCUT2D eigenvalue weighted by molar-refractivity contribution is 5.95. The monoisotopic (exact) mass is 406 g/mol. The molecule has 0 saturated carbocycles. The first-order valence-corrected chi connectivity index (χ1v) is 10.1. The van der Waals surface area contributed by atoms with Crippen molar-refractivity contribution in [3.63, 3.8) is 0 Å². The number of carbonyl (C=O) groups is 1. The zero-order valence-corrected chi connectivity index (χ0v) is 17.1. The fourth-order valence-electron chi connectivity index (χ4n) is 3.50. The van der Waals surface area contributed by atoms with Crippen LogP contribution in [0.5, 0.6) is 11.5 Å². The number of nitrogens with zero attached hydrogens (tertiary/aromatic N) is 4. The van der Waals surface area contributed by atoms with Gasteiger partial charge in [-0.2, -0.15) is 5.10 Å². The average molecular weight is 406 g/mol. The quantitative estimate of drug-likeness (QED) is 0.604. The van der Waals surface area contributed by atoms with E-state index in [0.717, 1.165) is 31.1 Å². The van der Waals surface area contributed by atoms with Crippen molar-refractivity contribution in [3.8, 4) is 17.2 Å². The number of ether oxygens (including phenoxy) is 2. The Kier molecular flexibility index (Phi) is 6.29. The smallest absolute Gasteiger partial charge is 0.278 e. The van der Waals surface area contributed by atoms with Gasteiger partial charge in [-0.1, -0.05) is 36.4 Å². The minimum atomic E-state index is -0.0956. The molecule has 1 fully saturated rings. The topological polar surface area (TPSA) is 59.8 Å². The molecule has 0 N–H and O–H groups in total. The highest BCUT2D eigenvalue weighted by atomic mass is 16.5. The largest absolute Gasteiger partial charge is 0.493 e. The molecule has 0 radical (unpaired) electrons. The van der Waals surface area contributed by atoms with E-state index in [-0.39, 0.29) is 5.91 Å². The highest BCUT2D eigenvalue weighted by Gasteiger charge is 2.27. The van der Waals surface area contributed by atoms with Gasteiger partial charge in [0.1, 0.15) is 12.4 Å². The van der Waals surface area contributed by atoms with E-state index in [9.17, 15) is 4.79 Å². The van der Waals surface area contributed by atoms with Crippen LogP contribution in [-0.4, -0.2) is 71.9 Å². The molecule has 2 heterocycles. The Morgan fingerprint density at radius 2 is 1.63 bits per heavy atom. The van der Waals surface area contributed by atoms with E-state index in [2.05, 4.69) is 10.00 Å². The number of methoxy groups -OCH3 is 1.